The van der Waals surface area contributed by atoms with Gasteiger partial charge in [0.2, 0.25) is 0 Å². The Morgan fingerprint density at radius 1 is 1.46 bits per heavy atom. The third kappa shape index (κ3) is 1.29. The van der Waals surface area contributed by atoms with E-state index in [-0.39, 0.29) is 0 Å². The highest BCUT2D eigenvalue weighted by molar-refractivity contribution is 9.10. The molecule has 0 atom stereocenters. The third-order valence-electron chi connectivity index (χ3n) is 2.14. The van der Waals surface area contributed by atoms with Crippen LogP contribution in [0.2, 0.25) is 0 Å². The summed E-state index contributed by atoms with van der Waals surface area (Å²) >= 11 is 3.44. The summed E-state index contributed by atoms with van der Waals surface area (Å²) in [6.45, 7) is 2.01. The second-order valence-corrected chi connectivity index (χ2v) is 3.83. The molecule has 0 bridgehead atoms. The van der Waals surface area contributed by atoms with Crippen molar-refractivity contribution in [2.24, 2.45) is 0 Å². The molecule has 0 radical (unpaired) electrons. The van der Waals surface area contributed by atoms with Gasteiger partial charge in [-0.2, -0.15) is 0 Å². The van der Waals surface area contributed by atoms with E-state index in [0.29, 0.717) is 5.69 Å². The van der Waals surface area contributed by atoms with Gasteiger partial charge < -0.3 is 4.98 Å². The van der Waals surface area contributed by atoms with Crippen molar-refractivity contribution >= 4 is 33.1 Å². The van der Waals surface area contributed by atoms with Crippen molar-refractivity contribution in [2.75, 3.05) is 0 Å². The van der Waals surface area contributed by atoms with Gasteiger partial charge in [-0.05, 0) is 24.6 Å². The lowest BCUT2D eigenvalue weighted by atomic mass is 10.2. The Labute approximate surface area is 84.1 Å². The number of benzene rings is 1. The monoisotopic (exact) mass is 237 g/mol. The highest BCUT2D eigenvalue weighted by Crippen LogP contribution is 2.25. The zero-order valence-corrected chi connectivity index (χ0v) is 8.68. The van der Waals surface area contributed by atoms with Crippen LogP contribution in [-0.2, 0) is 0 Å². The Morgan fingerprint density at radius 2 is 2.23 bits per heavy atom. The number of aromatic nitrogens is 1. The van der Waals surface area contributed by atoms with Crippen LogP contribution in [0.5, 0.6) is 0 Å². The predicted molar refractivity (Wildman–Crippen MR) is 56.1 cm³/mol. The third-order valence-corrected chi connectivity index (χ3v) is 3.00. The summed E-state index contributed by atoms with van der Waals surface area (Å²) in [5.74, 6) is 0. The molecule has 0 amide bonds. The van der Waals surface area contributed by atoms with Gasteiger partial charge in [0.05, 0.1) is 11.2 Å². The first-order valence-electron chi connectivity index (χ1n) is 3.95. The van der Waals surface area contributed by atoms with Crippen molar-refractivity contribution in [3.8, 4) is 0 Å². The van der Waals surface area contributed by atoms with E-state index in [0.717, 1.165) is 27.2 Å². The summed E-state index contributed by atoms with van der Waals surface area (Å²) < 4.78 is 1.05. The van der Waals surface area contributed by atoms with E-state index in [1.165, 1.54) is 0 Å². The molecule has 1 heterocycles. The van der Waals surface area contributed by atoms with Crippen LogP contribution >= 0.6 is 15.9 Å². The summed E-state index contributed by atoms with van der Waals surface area (Å²) in [5, 5.41) is 1.07. The molecule has 0 aliphatic rings. The van der Waals surface area contributed by atoms with Gasteiger partial charge in [-0.1, -0.05) is 22.0 Å². The van der Waals surface area contributed by atoms with Crippen molar-refractivity contribution < 1.29 is 4.79 Å². The topological polar surface area (TPSA) is 32.9 Å². The molecule has 2 aromatic rings. The van der Waals surface area contributed by atoms with E-state index in [2.05, 4.69) is 20.9 Å². The summed E-state index contributed by atoms with van der Waals surface area (Å²) in [6.07, 6.45) is 0.827. The van der Waals surface area contributed by atoms with Crippen LogP contribution in [0.4, 0.5) is 0 Å². The van der Waals surface area contributed by atoms with Gasteiger partial charge >= 0.3 is 0 Å². The predicted octanol–water partition coefficient (Wildman–Crippen LogP) is 3.05. The van der Waals surface area contributed by atoms with Gasteiger partial charge in [0.15, 0.2) is 6.29 Å². The number of aryl methyl sites for hydroxylation is 1. The van der Waals surface area contributed by atoms with Gasteiger partial charge in [0.25, 0.3) is 0 Å². The smallest absolute Gasteiger partial charge is 0.166 e. The fourth-order valence-electron chi connectivity index (χ4n) is 1.40. The number of rotatable bonds is 1. The molecule has 1 aromatic heterocycles. The van der Waals surface area contributed by atoms with Gasteiger partial charge in [-0.15, -0.1) is 0 Å². The van der Waals surface area contributed by atoms with Crippen LogP contribution < -0.4 is 0 Å². The van der Waals surface area contributed by atoms with E-state index >= 15 is 0 Å². The first kappa shape index (κ1) is 8.51. The summed E-state index contributed by atoms with van der Waals surface area (Å²) in [6, 6.07) is 5.82. The Balaban J connectivity index is 2.83. The molecule has 0 aliphatic carbocycles. The van der Waals surface area contributed by atoms with E-state index in [4.69, 9.17) is 0 Å². The van der Waals surface area contributed by atoms with E-state index in [9.17, 15) is 4.79 Å². The normalized spacial score (nSPS) is 10.6. The van der Waals surface area contributed by atoms with Gasteiger partial charge in [-0.25, -0.2) is 0 Å². The van der Waals surface area contributed by atoms with E-state index in [1.54, 1.807) is 0 Å². The van der Waals surface area contributed by atoms with Crippen LogP contribution in [0.1, 0.15) is 16.1 Å². The van der Waals surface area contributed by atoms with Crippen LogP contribution in [-0.4, -0.2) is 11.3 Å². The number of carbonyl (C=O) groups excluding carboxylic acids is 1. The minimum Gasteiger partial charge on any atom is -0.352 e. The van der Waals surface area contributed by atoms with E-state index in [1.807, 2.05) is 25.1 Å². The number of H-pyrrole nitrogens is 1. The molecule has 0 unspecified atom stereocenters. The Hall–Kier alpha value is -1.09. The van der Waals surface area contributed by atoms with Gasteiger partial charge in [0.1, 0.15) is 0 Å². The molecule has 0 spiro atoms. The highest BCUT2D eigenvalue weighted by atomic mass is 79.9. The number of aromatic amines is 1. The molecule has 1 N–H and O–H groups in total. The second kappa shape index (κ2) is 3.00. The molecule has 13 heavy (non-hydrogen) atoms. The van der Waals surface area contributed by atoms with Crippen molar-refractivity contribution in [1.29, 1.82) is 0 Å². The molecule has 0 saturated carbocycles. The number of nitrogens with one attached hydrogen (secondary N) is 1. The average Bonchev–Trinajstić information content (AvgIpc) is 2.55. The first-order chi connectivity index (χ1) is 6.22. The molecule has 3 heteroatoms. The number of halogens is 1. The largest absolute Gasteiger partial charge is 0.352 e. The molecule has 2 nitrogen and oxygen atoms in total. The van der Waals surface area contributed by atoms with Crippen LogP contribution in [0.25, 0.3) is 10.9 Å². The maximum absolute atomic E-state index is 10.5. The Bertz CT molecular complexity index is 473. The van der Waals surface area contributed by atoms with Gasteiger partial charge in [-0.3, -0.25) is 4.79 Å². The lowest BCUT2D eigenvalue weighted by Gasteiger charge is -1.98. The van der Waals surface area contributed by atoms with Crippen molar-refractivity contribution in [1.82, 2.24) is 4.98 Å². The molecule has 0 saturated heterocycles. The van der Waals surface area contributed by atoms with Crippen LogP contribution in [0.15, 0.2) is 22.7 Å². The fourth-order valence-corrected chi connectivity index (χ4v) is 1.74. The fraction of sp³-hybridized carbons (Fsp3) is 0.100. The number of carbonyl (C=O) groups is 1. The molecule has 1 aromatic carbocycles. The Kier molecular flexibility index (Phi) is 1.96. The first-order valence-corrected chi connectivity index (χ1v) is 4.74. The summed E-state index contributed by atoms with van der Waals surface area (Å²) in [5.41, 5.74) is 2.78. The molecular formula is C10H8BrNO. The van der Waals surface area contributed by atoms with Gasteiger partial charge in [0, 0.05) is 9.86 Å². The number of aldehydes is 1. The lowest BCUT2D eigenvalue weighted by molar-refractivity contribution is 0.112. The highest BCUT2D eigenvalue weighted by Gasteiger charge is 2.04. The van der Waals surface area contributed by atoms with E-state index < -0.39 is 0 Å². The summed E-state index contributed by atoms with van der Waals surface area (Å²) in [7, 11) is 0. The number of hydrogen-bond acceptors (Lipinski definition) is 1. The van der Waals surface area contributed by atoms with Crippen LogP contribution in [0, 0.1) is 6.92 Å². The molecule has 0 fully saturated rings. The molecule has 66 valence electrons. The minimum absolute atomic E-state index is 0.621. The molecule has 2 rings (SSSR count). The molecule has 0 aliphatic heterocycles. The standard InChI is InChI=1S/C10H8BrNO/c1-6-9(11)3-2-7-4-8(5-13)12-10(6)7/h2-5,12H,1H3. The van der Waals surface area contributed by atoms with Crippen molar-refractivity contribution in [3.05, 3.63) is 33.9 Å². The minimum atomic E-state index is 0.621. The lowest BCUT2D eigenvalue weighted by Crippen LogP contribution is -1.79. The Morgan fingerprint density at radius 3 is 2.92 bits per heavy atom. The average molecular weight is 238 g/mol. The molecular weight excluding hydrogens is 230 g/mol. The zero-order valence-electron chi connectivity index (χ0n) is 7.10. The maximum atomic E-state index is 10.5. The van der Waals surface area contributed by atoms with Crippen molar-refractivity contribution in [3.63, 3.8) is 0 Å². The maximum Gasteiger partial charge on any atom is 0.166 e. The van der Waals surface area contributed by atoms with Crippen LogP contribution in [0.3, 0.4) is 0 Å². The number of fused-ring (bicyclic) bond motifs is 1. The quantitative estimate of drug-likeness (QED) is 0.761. The zero-order chi connectivity index (χ0) is 9.42. The number of hydrogen-bond donors (Lipinski definition) is 1. The SMILES string of the molecule is Cc1c(Br)ccc2cc(C=O)[nH]c12. The van der Waals surface area contributed by atoms with Crippen molar-refractivity contribution in [2.45, 2.75) is 6.92 Å². The summed E-state index contributed by atoms with van der Waals surface area (Å²) in [4.78, 5) is 13.6. The second-order valence-electron chi connectivity index (χ2n) is 2.98.